The minimum Gasteiger partial charge on any atom is -0.463 e. The van der Waals surface area contributed by atoms with Crippen molar-refractivity contribution in [2.75, 3.05) is 13.2 Å². The molecule has 126 valence electrons. The van der Waals surface area contributed by atoms with Crippen LogP contribution in [0.4, 0.5) is 0 Å². The zero-order valence-corrected chi connectivity index (χ0v) is 13.6. The fourth-order valence-corrected chi connectivity index (χ4v) is 2.33. The van der Waals surface area contributed by atoms with Crippen LogP contribution in [0.1, 0.15) is 38.7 Å². The molecular weight excluding hydrogens is 300 g/mol. The van der Waals surface area contributed by atoms with E-state index in [4.69, 9.17) is 9.47 Å². The van der Waals surface area contributed by atoms with Crippen molar-refractivity contribution >= 4 is 17.7 Å². The van der Waals surface area contributed by atoms with Crippen molar-refractivity contribution in [3.05, 3.63) is 35.9 Å². The Balaban J connectivity index is 3.39. The van der Waals surface area contributed by atoms with E-state index in [1.165, 1.54) is 6.92 Å². The molecule has 1 aromatic rings. The maximum atomic E-state index is 12.3. The van der Waals surface area contributed by atoms with Crippen LogP contribution in [0, 0.1) is 0 Å². The average Bonchev–Trinajstić information content (AvgIpc) is 2.53. The minimum atomic E-state index is -2.57. The molecular formula is C17H22O6. The Morgan fingerprint density at radius 2 is 1.52 bits per heavy atom. The summed E-state index contributed by atoms with van der Waals surface area (Å²) in [5.74, 6) is -3.59. The summed E-state index contributed by atoms with van der Waals surface area (Å²) >= 11 is 0. The standard InChI is InChI=1S/C17H22O6/c1-4-22-15(19)17(21,16(20)23-5-2)14(11-12(3)18)13-9-7-6-8-10-13/h6-10,14,21H,4-5,11H2,1-3H3. The van der Waals surface area contributed by atoms with Crippen LogP contribution in [0.2, 0.25) is 0 Å². The van der Waals surface area contributed by atoms with Gasteiger partial charge in [-0.1, -0.05) is 30.3 Å². The molecule has 1 atom stereocenters. The van der Waals surface area contributed by atoms with E-state index < -0.39 is 23.5 Å². The van der Waals surface area contributed by atoms with E-state index in [9.17, 15) is 19.5 Å². The summed E-state index contributed by atoms with van der Waals surface area (Å²) in [6.07, 6.45) is -0.196. The van der Waals surface area contributed by atoms with Gasteiger partial charge in [0.05, 0.1) is 13.2 Å². The first-order chi connectivity index (χ1) is 10.9. The molecule has 0 saturated heterocycles. The van der Waals surface area contributed by atoms with Gasteiger partial charge in [0.1, 0.15) is 5.78 Å². The van der Waals surface area contributed by atoms with Crippen LogP contribution in [0.15, 0.2) is 30.3 Å². The molecule has 6 nitrogen and oxygen atoms in total. The van der Waals surface area contributed by atoms with Gasteiger partial charge < -0.3 is 19.4 Å². The number of hydrogen-bond donors (Lipinski definition) is 1. The fraction of sp³-hybridized carbons (Fsp3) is 0.471. The molecule has 1 N–H and O–H groups in total. The van der Waals surface area contributed by atoms with Crippen molar-refractivity contribution in [1.82, 2.24) is 0 Å². The Morgan fingerprint density at radius 1 is 1.04 bits per heavy atom. The van der Waals surface area contributed by atoms with Gasteiger partial charge >= 0.3 is 11.9 Å². The molecule has 23 heavy (non-hydrogen) atoms. The molecule has 0 radical (unpaired) electrons. The van der Waals surface area contributed by atoms with Crippen LogP contribution < -0.4 is 0 Å². The van der Waals surface area contributed by atoms with Gasteiger partial charge in [-0.3, -0.25) is 0 Å². The van der Waals surface area contributed by atoms with E-state index in [-0.39, 0.29) is 25.4 Å². The quantitative estimate of drug-likeness (QED) is 0.577. The van der Waals surface area contributed by atoms with E-state index in [1.54, 1.807) is 44.2 Å². The lowest BCUT2D eigenvalue weighted by atomic mass is 9.78. The van der Waals surface area contributed by atoms with Crippen LogP contribution in [-0.4, -0.2) is 41.6 Å². The number of Topliss-reactive ketones (excluding diaryl/α,β-unsaturated/α-hetero) is 1. The first kappa shape index (κ1) is 18.8. The number of ketones is 1. The Labute approximate surface area is 135 Å². The van der Waals surface area contributed by atoms with Crippen molar-refractivity contribution < 1.29 is 29.0 Å². The van der Waals surface area contributed by atoms with Crippen molar-refractivity contribution in [1.29, 1.82) is 0 Å². The first-order valence-corrected chi connectivity index (χ1v) is 7.49. The summed E-state index contributed by atoms with van der Waals surface area (Å²) in [6, 6.07) is 8.41. The van der Waals surface area contributed by atoms with Crippen LogP contribution in [0.25, 0.3) is 0 Å². The first-order valence-electron chi connectivity index (χ1n) is 7.49. The Bertz CT molecular complexity index is 533. The Morgan fingerprint density at radius 3 is 1.91 bits per heavy atom. The largest absolute Gasteiger partial charge is 0.463 e. The van der Waals surface area contributed by atoms with Crippen molar-refractivity contribution in [3.63, 3.8) is 0 Å². The highest BCUT2D eigenvalue weighted by molar-refractivity contribution is 6.05. The molecule has 0 aliphatic rings. The number of ether oxygens (including phenoxy) is 2. The summed E-state index contributed by atoms with van der Waals surface area (Å²) in [5, 5.41) is 10.9. The second kappa shape index (κ2) is 8.43. The molecule has 0 saturated carbocycles. The monoisotopic (exact) mass is 322 g/mol. The summed E-state index contributed by atoms with van der Waals surface area (Å²) < 4.78 is 9.71. The number of esters is 2. The highest BCUT2D eigenvalue weighted by Crippen LogP contribution is 2.34. The number of aliphatic hydroxyl groups is 1. The number of rotatable bonds is 8. The molecule has 1 aromatic carbocycles. The summed E-state index contributed by atoms with van der Waals surface area (Å²) in [5.41, 5.74) is -2.09. The van der Waals surface area contributed by atoms with Gasteiger partial charge in [-0.2, -0.15) is 0 Å². The summed E-state index contributed by atoms with van der Waals surface area (Å²) in [4.78, 5) is 36.2. The zero-order chi connectivity index (χ0) is 17.5. The smallest absolute Gasteiger partial charge is 0.350 e. The van der Waals surface area contributed by atoms with E-state index >= 15 is 0 Å². The SMILES string of the molecule is CCOC(=O)C(O)(C(=O)OCC)C(CC(C)=O)c1ccccc1. The molecule has 0 bridgehead atoms. The van der Waals surface area contributed by atoms with Gasteiger partial charge in [0, 0.05) is 12.3 Å². The second-order valence-corrected chi connectivity index (χ2v) is 5.08. The highest BCUT2D eigenvalue weighted by atomic mass is 16.6. The van der Waals surface area contributed by atoms with Gasteiger partial charge in [0.15, 0.2) is 0 Å². The van der Waals surface area contributed by atoms with E-state index in [1.807, 2.05) is 0 Å². The Kier molecular flexibility index (Phi) is 6.90. The topological polar surface area (TPSA) is 89.9 Å². The predicted molar refractivity (Wildman–Crippen MR) is 82.7 cm³/mol. The highest BCUT2D eigenvalue weighted by Gasteiger charge is 2.54. The molecule has 0 aliphatic heterocycles. The third kappa shape index (κ3) is 4.39. The summed E-state index contributed by atoms with van der Waals surface area (Å²) in [6.45, 7) is 4.43. The van der Waals surface area contributed by atoms with Gasteiger partial charge in [-0.15, -0.1) is 0 Å². The van der Waals surface area contributed by atoms with Crippen LogP contribution in [-0.2, 0) is 23.9 Å². The van der Waals surface area contributed by atoms with Gasteiger partial charge in [0.25, 0.3) is 5.60 Å². The third-order valence-corrected chi connectivity index (χ3v) is 3.37. The van der Waals surface area contributed by atoms with E-state index in [0.717, 1.165) is 0 Å². The Hall–Kier alpha value is -2.21. The predicted octanol–water partition coefficient (Wildman–Crippen LogP) is 1.61. The molecule has 1 rings (SSSR count). The zero-order valence-electron chi connectivity index (χ0n) is 13.6. The normalized spacial score (nSPS) is 12.3. The number of carbonyl (C=O) groups excluding carboxylic acids is 3. The number of benzene rings is 1. The molecule has 0 heterocycles. The average molecular weight is 322 g/mol. The second-order valence-electron chi connectivity index (χ2n) is 5.08. The molecule has 0 spiro atoms. The lowest BCUT2D eigenvalue weighted by Gasteiger charge is -2.31. The molecule has 0 aliphatic carbocycles. The van der Waals surface area contributed by atoms with Crippen LogP contribution in [0.3, 0.4) is 0 Å². The van der Waals surface area contributed by atoms with Crippen molar-refractivity contribution in [3.8, 4) is 0 Å². The summed E-state index contributed by atoms with van der Waals surface area (Å²) in [7, 11) is 0. The molecule has 0 fully saturated rings. The number of carbonyl (C=O) groups is 3. The molecule has 6 heteroatoms. The van der Waals surface area contributed by atoms with Gasteiger partial charge in [0.2, 0.25) is 0 Å². The fourth-order valence-electron chi connectivity index (χ4n) is 2.33. The lowest BCUT2D eigenvalue weighted by Crippen LogP contribution is -2.54. The van der Waals surface area contributed by atoms with E-state index in [0.29, 0.717) is 5.56 Å². The molecule has 0 aromatic heterocycles. The van der Waals surface area contributed by atoms with Crippen LogP contribution >= 0.6 is 0 Å². The minimum absolute atomic E-state index is 0.0118. The maximum absolute atomic E-state index is 12.3. The van der Waals surface area contributed by atoms with Crippen molar-refractivity contribution in [2.45, 2.75) is 38.7 Å². The van der Waals surface area contributed by atoms with E-state index in [2.05, 4.69) is 0 Å². The molecule has 0 amide bonds. The van der Waals surface area contributed by atoms with Crippen LogP contribution in [0.5, 0.6) is 0 Å². The molecule has 1 unspecified atom stereocenters. The van der Waals surface area contributed by atoms with Gasteiger partial charge in [-0.25, -0.2) is 9.59 Å². The van der Waals surface area contributed by atoms with Gasteiger partial charge in [-0.05, 0) is 26.3 Å². The van der Waals surface area contributed by atoms with Crippen molar-refractivity contribution in [2.24, 2.45) is 0 Å². The lowest BCUT2D eigenvalue weighted by molar-refractivity contribution is -0.186. The third-order valence-electron chi connectivity index (χ3n) is 3.37. The number of hydrogen-bond acceptors (Lipinski definition) is 6. The maximum Gasteiger partial charge on any atom is 0.350 e.